The molecule has 0 saturated heterocycles. The lowest BCUT2D eigenvalue weighted by Crippen LogP contribution is -2.36. The normalized spacial score (nSPS) is 16.1. The highest BCUT2D eigenvalue weighted by molar-refractivity contribution is 5.98. The van der Waals surface area contributed by atoms with Gasteiger partial charge in [0.05, 0.1) is 6.42 Å². The average Bonchev–Trinajstić information content (AvgIpc) is 3.47. The van der Waals surface area contributed by atoms with Crippen molar-refractivity contribution in [3.8, 4) is 0 Å². The van der Waals surface area contributed by atoms with Crippen LogP contribution in [0.2, 0.25) is 0 Å². The molecule has 4 nitrogen and oxygen atoms in total. The Morgan fingerprint density at radius 1 is 1.12 bits per heavy atom. The van der Waals surface area contributed by atoms with Gasteiger partial charge in [0.2, 0.25) is 11.8 Å². The van der Waals surface area contributed by atoms with Gasteiger partial charge in [-0.05, 0) is 67.1 Å². The van der Waals surface area contributed by atoms with E-state index in [0.29, 0.717) is 0 Å². The standard InChI is InChI=1S/C21H21FN2O2/c22-17-7-3-14(4-8-17)12-20(25)23-18-9-10-19-16(13-18)2-1-11-24(19)21(26)15-5-6-15/h3-4,7-10,13,15H,1-2,5-6,11-12H2,(H,23,25). The van der Waals surface area contributed by atoms with Crippen molar-refractivity contribution in [3.63, 3.8) is 0 Å². The van der Waals surface area contributed by atoms with E-state index in [2.05, 4.69) is 5.32 Å². The zero-order valence-electron chi connectivity index (χ0n) is 14.5. The lowest BCUT2D eigenvalue weighted by Gasteiger charge is -2.30. The Morgan fingerprint density at radius 3 is 2.62 bits per heavy atom. The molecule has 0 spiro atoms. The molecule has 5 heteroatoms. The molecule has 1 aliphatic carbocycles. The fraction of sp³-hybridized carbons (Fsp3) is 0.333. The quantitative estimate of drug-likeness (QED) is 0.912. The molecule has 1 fully saturated rings. The van der Waals surface area contributed by atoms with Crippen LogP contribution in [0.1, 0.15) is 30.4 Å². The van der Waals surface area contributed by atoms with Crippen LogP contribution in [0.3, 0.4) is 0 Å². The number of amides is 2. The lowest BCUT2D eigenvalue weighted by molar-refractivity contribution is -0.120. The number of aryl methyl sites for hydroxylation is 1. The maximum Gasteiger partial charge on any atom is 0.230 e. The Balaban J connectivity index is 1.45. The Bertz CT molecular complexity index is 844. The number of hydrogen-bond donors (Lipinski definition) is 1. The monoisotopic (exact) mass is 352 g/mol. The number of halogens is 1. The van der Waals surface area contributed by atoms with Crippen molar-refractivity contribution in [3.05, 3.63) is 59.4 Å². The third-order valence-corrected chi connectivity index (χ3v) is 4.95. The fourth-order valence-electron chi connectivity index (χ4n) is 3.45. The first kappa shape index (κ1) is 16.8. The minimum Gasteiger partial charge on any atom is -0.326 e. The van der Waals surface area contributed by atoms with Crippen LogP contribution in [0.4, 0.5) is 15.8 Å². The van der Waals surface area contributed by atoms with E-state index >= 15 is 0 Å². The van der Waals surface area contributed by atoms with Crippen LogP contribution in [0, 0.1) is 11.7 Å². The van der Waals surface area contributed by atoms with Gasteiger partial charge in [0.15, 0.2) is 0 Å². The molecule has 1 N–H and O–H groups in total. The molecular weight excluding hydrogens is 331 g/mol. The minimum absolute atomic E-state index is 0.140. The van der Waals surface area contributed by atoms with Crippen molar-refractivity contribution < 1.29 is 14.0 Å². The van der Waals surface area contributed by atoms with Crippen molar-refractivity contribution in [1.82, 2.24) is 0 Å². The molecular formula is C21H21FN2O2. The van der Waals surface area contributed by atoms with E-state index in [1.165, 1.54) is 12.1 Å². The topological polar surface area (TPSA) is 49.4 Å². The van der Waals surface area contributed by atoms with Gasteiger partial charge < -0.3 is 10.2 Å². The van der Waals surface area contributed by atoms with Gasteiger partial charge in [-0.1, -0.05) is 12.1 Å². The Labute approximate surface area is 152 Å². The zero-order valence-corrected chi connectivity index (χ0v) is 14.5. The van der Waals surface area contributed by atoms with E-state index in [1.54, 1.807) is 12.1 Å². The van der Waals surface area contributed by atoms with Crippen LogP contribution < -0.4 is 10.2 Å². The van der Waals surface area contributed by atoms with E-state index in [0.717, 1.165) is 54.7 Å². The van der Waals surface area contributed by atoms with Gasteiger partial charge in [-0.15, -0.1) is 0 Å². The zero-order chi connectivity index (χ0) is 18.1. The third-order valence-electron chi connectivity index (χ3n) is 4.95. The first-order valence-electron chi connectivity index (χ1n) is 9.09. The third kappa shape index (κ3) is 3.62. The number of carbonyl (C=O) groups excluding carboxylic acids is 2. The Morgan fingerprint density at radius 2 is 1.88 bits per heavy atom. The summed E-state index contributed by atoms with van der Waals surface area (Å²) in [6.45, 7) is 0.776. The van der Waals surface area contributed by atoms with Crippen LogP contribution in [-0.2, 0) is 22.4 Å². The molecule has 26 heavy (non-hydrogen) atoms. The Kier molecular flexibility index (Phi) is 4.45. The fourth-order valence-corrected chi connectivity index (χ4v) is 3.45. The minimum atomic E-state index is -0.311. The first-order chi connectivity index (χ1) is 12.6. The van der Waals surface area contributed by atoms with Gasteiger partial charge in [0, 0.05) is 23.8 Å². The maximum absolute atomic E-state index is 12.9. The van der Waals surface area contributed by atoms with Crippen molar-refractivity contribution in [2.45, 2.75) is 32.1 Å². The number of hydrogen-bond acceptors (Lipinski definition) is 2. The molecule has 1 aliphatic heterocycles. The molecule has 2 aromatic carbocycles. The van der Waals surface area contributed by atoms with Crippen molar-refractivity contribution in [2.75, 3.05) is 16.8 Å². The molecule has 2 amide bonds. The van der Waals surface area contributed by atoms with E-state index in [4.69, 9.17) is 0 Å². The van der Waals surface area contributed by atoms with E-state index < -0.39 is 0 Å². The number of carbonyl (C=O) groups is 2. The van der Waals surface area contributed by atoms with E-state index in [-0.39, 0.29) is 30.0 Å². The summed E-state index contributed by atoms with van der Waals surface area (Å²) in [6, 6.07) is 11.7. The van der Waals surface area contributed by atoms with Crippen molar-refractivity contribution in [2.24, 2.45) is 5.92 Å². The van der Waals surface area contributed by atoms with Crippen LogP contribution in [0.15, 0.2) is 42.5 Å². The SMILES string of the molecule is O=C(Cc1ccc(F)cc1)Nc1ccc2c(c1)CCCN2C(=O)C1CC1. The van der Waals surface area contributed by atoms with Gasteiger partial charge >= 0.3 is 0 Å². The summed E-state index contributed by atoms with van der Waals surface area (Å²) >= 11 is 0. The molecule has 134 valence electrons. The van der Waals surface area contributed by atoms with Gasteiger partial charge in [-0.25, -0.2) is 4.39 Å². The number of benzene rings is 2. The highest BCUT2D eigenvalue weighted by Gasteiger charge is 2.35. The molecule has 2 aliphatic rings. The van der Waals surface area contributed by atoms with Crippen LogP contribution in [0.5, 0.6) is 0 Å². The van der Waals surface area contributed by atoms with Crippen molar-refractivity contribution >= 4 is 23.2 Å². The summed E-state index contributed by atoms with van der Waals surface area (Å²) in [7, 11) is 0. The largest absolute Gasteiger partial charge is 0.326 e. The molecule has 0 bridgehead atoms. The highest BCUT2D eigenvalue weighted by Crippen LogP contribution is 2.36. The van der Waals surface area contributed by atoms with Crippen LogP contribution in [-0.4, -0.2) is 18.4 Å². The maximum atomic E-state index is 12.9. The van der Waals surface area contributed by atoms with Crippen LogP contribution in [0.25, 0.3) is 0 Å². The molecule has 1 heterocycles. The number of anilines is 2. The molecule has 0 aromatic heterocycles. The molecule has 0 radical (unpaired) electrons. The number of rotatable bonds is 4. The van der Waals surface area contributed by atoms with Gasteiger partial charge in [-0.2, -0.15) is 0 Å². The first-order valence-corrected chi connectivity index (χ1v) is 9.09. The van der Waals surface area contributed by atoms with E-state index in [1.807, 2.05) is 23.1 Å². The molecule has 1 saturated carbocycles. The smallest absolute Gasteiger partial charge is 0.230 e. The predicted octanol–water partition coefficient (Wildman–Crippen LogP) is 3.70. The molecule has 4 rings (SSSR count). The second-order valence-electron chi connectivity index (χ2n) is 7.06. The highest BCUT2D eigenvalue weighted by atomic mass is 19.1. The Hall–Kier alpha value is -2.69. The summed E-state index contributed by atoms with van der Waals surface area (Å²) < 4.78 is 12.9. The molecule has 0 atom stereocenters. The lowest BCUT2D eigenvalue weighted by atomic mass is 10.00. The summed E-state index contributed by atoms with van der Waals surface area (Å²) in [5.74, 6) is -0.0116. The van der Waals surface area contributed by atoms with E-state index in [9.17, 15) is 14.0 Å². The van der Waals surface area contributed by atoms with Gasteiger partial charge in [0.1, 0.15) is 5.82 Å². The average molecular weight is 352 g/mol. The second kappa shape index (κ2) is 6.90. The van der Waals surface area contributed by atoms with Crippen molar-refractivity contribution in [1.29, 1.82) is 0 Å². The van der Waals surface area contributed by atoms with Gasteiger partial charge in [-0.3, -0.25) is 9.59 Å². The van der Waals surface area contributed by atoms with Gasteiger partial charge in [0.25, 0.3) is 0 Å². The second-order valence-corrected chi connectivity index (χ2v) is 7.06. The van der Waals surface area contributed by atoms with Crippen LogP contribution >= 0.6 is 0 Å². The number of fused-ring (bicyclic) bond motifs is 1. The summed E-state index contributed by atoms with van der Waals surface area (Å²) in [6.07, 6.45) is 4.05. The molecule has 2 aromatic rings. The predicted molar refractivity (Wildman–Crippen MR) is 98.6 cm³/mol. The summed E-state index contributed by atoms with van der Waals surface area (Å²) in [5.41, 5.74) is 3.58. The number of nitrogens with one attached hydrogen (secondary N) is 1. The molecule has 0 unspecified atom stereocenters. The summed E-state index contributed by atoms with van der Waals surface area (Å²) in [4.78, 5) is 26.6. The number of nitrogens with zero attached hydrogens (tertiary/aromatic N) is 1. The summed E-state index contributed by atoms with van der Waals surface area (Å²) in [5, 5.41) is 2.90.